The summed E-state index contributed by atoms with van der Waals surface area (Å²) in [4.78, 5) is 25.2. The fraction of sp³-hybridized carbons (Fsp3) is 0.867. The second-order valence-corrected chi connectivity index (χ2v) is 6.79. The lowest BCUT2D eigenvalue weighted by molar-refractivity contribution is -0.148. The van der Waals surface area contributed by atoms with Crippen molar-refractivity contribution < 1.29 is 14.7 Å². The van der Waals surface area contributed by atoms with E-state index in [0.717, 1.165) is 0 Å². The lowest BCUT2D eigenvalue weighted by Crippen LogP contribution is -2.43. The van der Waals surface area contributed by atoms with Gasteiger partial charge in [0.05, 0.1) is 5.41 Å². The summed E-state index contributed by atoms with van der Waals surface area (Å²) in [6, 6.07) is -0.103. The number of carbonyl (C=O) groups is 2. The molecule has 0 bridgehead atoms. The maximum Gasteiger partial charge on any atom is 0.317 e. The number of amides is 2. The van der Waals surface area contributed by atoms with E-state index >= 15 is 0 Å². The van der Waals surface area contributed by atoms with Crippen LogP contribution in [0.5, 0.6) is 0 Å². The monoisotopic (exact) mass is 282 g/mol. The Hall–Kier alpha value is -1.26. The maximum atomic E-state index is 12.2. The molecule has 2 aliphatic rings. The van der Waals surface area contributed by atoms with Gasteiger partial charge in [0.2, 0.25) is 0 Å². The molecule has 1 heterocycles. The molecule has 1 saturated heterocycles. The lowest BCUT2D eigenvalue weighted by atomic mass is 9.84. The molecule has 20 heavy (non-hydrogen) atoms. The van der Waals surface area contributed by atoms with Gasteiger partial charge in [0.1, 0.15) is 0 Å². The van der Waals surface area contributed by atoms with Crippen LogP contribution in [-0.2, 0) is 4.79 Å². The first kappa shape index (κ1) is 15.1. The fourth-order valence-electron chi connectivity index (χ4n) is 3.14. The topological polar surface area (TPSA) is 69.6 Å². The van der Waals surface area contributed by atoms with Gasteiger partial charge < -0.3 is 15.3 Å². The first-order chi connectivity index (χ1) is 9.35. The van der Waals surface area contributed by atoms with Crippen molar-refractivity contribution >= 4 is 12.0 Å². The summed E-state index contributed by atoms with van der Waals surface area (Å²) in [6.45, 7) is 7.86. The number of hydrogen-bond acceptors (Lipinski definition) is 2. The van der Waals surface area contributed by atoms with Crippen LogP contribution < -0.4 is 5.32 Å². The van der Waals surface area contributed by atoms with Crippen LogP contribution in [0.1, 0.15) is 46.5 Å². The van der Waals surface area contributed by atoms with E-state index in [0.29, 0.717) is 38.4 Å². The quantitative estimate of drug-likeness (QED) is 0.813. The Bertz CT molecular complexity index is 404. The molecule has 0 spiro atoms. The van der Waals surface area contributed by atoms with Crippen molar-refractivity contribution in [3.63, 3.8) is 0 Å². The van der Waals surface area contributed by atoms with Gasteiger partial charge in [0, 0.05) is 19.6 Å². The van der Waals surface area contributed by atoms with Gasteiger partial charge in [-0.3, -0.25) is 4.79 Å². The van der Waals surface area contributed by atoms with Gasteiger partial charge in [-0.2, -0.15) is 0 Å². The van der Waals surface area contributed by atoms with Gasteiger partial charge in [-0.15, -0.1) is 0 Å². The van der Waals surface area contributed by atoms with E-state index in [4.69, 9.17) is 0 Å². The van der Waals surface area contributed by atoms with Gasteiger partial charge in [-0.05, 0) is 37.0 Å². The van der Waals surface area contributed by atoms with E-state index in [1.54, 1.807) is 4.90 Å². The van der Waals surface area contributed by atoms with Crippen LogP contribution >= 0.6 is 0 Å². The third kappa shape index (κ3) is 2.63. The van der Waals surface area contributed by atoms with Crippen molar-refractivity contribution in [3.8, 4) is 0 Å². The third-order valence-corrected chi connectivity index (χ3v) is 5.48. The molecule has 1 unspecified atom stereocenters. The van der Waals surface area contributed by atoms with Crippen LogP contribution in [0.25, 0.3) is 0 Å². The highest BCUT2D eigenvalue weighted by molar-refractivity contribution is 5.79. The van der Waals surface area contributed by atoms with E-state index in [2.05, 4.69) is 19.2 Å². The fourth-order valence-corrected chi connectivity index (χ4v) is 3.14. The van der Waals surface area contributed by atoms with Crippen molar-refractivity contribution in [2.45, 2.75) is 46.5 Å². The first-order valence-corrected chi connectivity index (χ1v) is 7.61. The van der Waals surface area contributed by atoms with E-state index < -0.39 is 11.4 Å². The average Bonchev–Trinajstić information content (AvgIpc) is 3.07. The summed E-state index contributed by atoms with van der Waals surface area (Å²) in [6.07, 6.45) is 3.49. The highest BCUT2D eigenvalue weighted by atomic mass is 16.4. The first-order valence-electron chi connectivity index (χ1n) is 7.61. The standard InChI is InChI=1S/C15H26N2O3/c1-4-14(12(18)19)7-8-17(10-14)13(20)16-9-15(5-6-15)11(2)3/h11H,4-10H2,1-3H3,(H,16,20)(H,18,19). The van der Waals surface area contributed by atoms with Crippen LogP contribution in [0.15, 0.2) is 0 Å². The minimum Gasteiger partial charge on any atom is -0.481 e. The number of carboxylic acids is 1. The van der Waals surface area contributed by atoms with Crippen LogP contribution in [0, 0.1) is 16.7 Å². The molecule has 2 amide bonds. The Morgan fingerprint density at radius 3 is 2.35 bits per heavy atom. The summed E-state index contributed by atoms with van der Waals surface area (Å²) in [5.74, 6) is -0.203. The normalized spacial score (nSPS) is 27.7. The molecule has 0 aromatic rings. The van der Waals surface area contributed by atoms with Gasteiger partial charge in [0.15, 0.2) is 0 Å². The summed E-state index contributed by atoms with van der Waals surface area (Å²) in [7, 11) is 0. The molecular weight excluding hydrogens is 256 g/mol. The number of carbonyl (C=O) groups excluding carboxylic acids is 1. The zero-order valence-electron chi connectivity index (χ0n) is 12.7. The predicted molar refractivity (Wildman–Crippen MR) is 76.5 cm³/mol. The summed E-state index contributed by atoms with van der Waals surface area (Å²) < 4.78 is 0. The minimum absolute atomic E-state index is 0.103. The third-order valence-electron chi connectivity index (χ3n) is 5.48. The minimum atomic E-state index is -0.781. The van der Waals surface area contributed by atoms with Gasteiger partial charge >= 0.3 is 12.0 Å². The van der Waals surface area contributed by atoms with Crippen molar-refractivity contribution in [2.75, 3.05) is 19.6 Å². The molecule has 1 aliphatic carbocycles. The average molecular weight is 282 g/mol. The highest BCUT2D eigenvalue weighted by Crippen LogP contribution is 2.51. The van der Waals surface area contributed by atoms with Crippen LogP contribution in [-0.4, -0.2) is 41.6 Å². The van der Waals surface area contributed by atoms with Crippen LogP contribution in [0.4, 0.5) is 4.79 Å². The second kappa shape index (κ2) is 5.26. The second-order valence-electron chi connectivity index (χ2n) is 6.79. The molecule has 2 N–H and O–H groups in total. The molecule has 2 rings (SSSR count). The summed E-state index contributed by atoms with van der Waals surface area (Å²) in [5.41, 5.74) is -0.462. The zero-order valence-corrected chi connectivity index (χ0v) is 12.7. The molecule has 0 aromatic heterocycles. The number of likely N-dealkylation sites (tertiary alicyclic amines) is 1. The molecule has 5 nitrogen and oxygen atoms in total. The predicted octanol–water partition coefficient (Wildman–Crippen LogP) is 2.32. The summed E-state index contributed by atoms with van der Waals surface area (Å²) in [5, 5.41) is 12.4. The number of nitrogens with one attached hydrogen (secondary N) is 1. The number of urea groups is 1. The number of carboxylic acid groups (broad SMARTS) is 1. The Morgan fingerprint density at radius 1 is 1.30 bits per heavy atom. The van der Waals surface area contributed by atoms with Gasteiger partial charge in [-0.25, -0.2) is 4.79 Å². The molecule has 1 saturated carbocycles. The Balaban J connectivity index is 1.87. The van der Waals surface area contributed by atoms with Crippen molar-refractivity contribution in [1.29, 1.82) is 0 Å². The van der Waals surface area contributed by atoms with E-state index in [1.807, 2.05) is 6.92 Å². The maximum absolute atomic E-state index is 12.2. The Morgan fingerprint density at radius 2 is 1.95 bits per heavy atom. The van der Waals surface area contributed by atoms with Crippen molar-refractivity contribution in [1.82, 2.24) is 10.2 Å². The Labute approximate surface area is 120 Å². The smallest absolute Gasteiger partial charge is 0.317 e. The molecule has 1 aliphatic heterocycles. The van der Waals surface area contributed by atoms with Gasteiger partial charge in [0.25, 0.3) is 0 Å². The zero-order chi connectivity index (χ0) is 15.0. The Kier molecular flexibility index (Phi) is 3.98. The molecule has 2 fully saturated rings. The van der Waals surface area contributed by atoms with Crippen LogP contribution in [0.2, 0.25) is 0 Å². The summed E-state index contributed by atoms with van der Waals surface area (Å²) >= 11 is 0. The van der Waals surface area contributed by atoms with E-state index in [9.17, 15) is 14.7 Å². The van der Waals surface area contributed by atoms with E-state index in [-0.39, 0.29) is 11.4 Å². The number of aliphatic carboxylic acids is 1. The van der Waals surface area contributed by atoms with Crippen LogP contribution in [0.3, 0.4) is 0 Å². The number of hydrogen-bond donors (Lipinski definition) is 2. The molecule has 114 valence electrons. The molecule has 5 heteroatoms. The molecular formula is C15H26N2O3. The SMILES string of the molecule is CCC1(C(=O)O)CCN(C(=O)NCC2(C(C)C)CC2)C1. The molecule has 1 atom stereocenters. The van der Waals surface area contributed by atoms with Gasteiger partial charge in [-0.1, -0.05) is 20.8 Å². The van der Waals surface area contributed by atoms with Crippen molar-refractivity contribution in [2.24, 2.45) is 16.7 Å². The molecule has 0 aromatic carbocycles. The lowest BCUT2D eigenvalue weighted by Gasteiger charge is -2.25. The van der Waals surface area contributed by atoms with E-state index in [1.165, 1.54) is 12.8 Å². The number of rotatable bonds is 5. The number of nitrogens with zero attached hydrogens (tertiary/aromatic N) is 1. The highest BCUT2D eigenvalue weighted by Gasteiger charge is 2.47. The largest absolute Gasteiger partial charge is 0.481 e. The molecule has 0 radical (unpaired) electrons. The van der Waals surface area contributed by atoms with Crippen molar-refractivity contribution in [3.05, 3.63) is 0 Å².